The number of methoxy groups -OCH3 is 1. The molecule has 0 radical (unpaired) electrons. The lowest BCUT2D eigenvalue weighted by atomic mass is 9.88. The zero-order chi connectivity index (χ0) is 19.0. The van der Waals surface area contributed by atoms with Crippen LogP contribution in [0.15, 0.2) is 66.7 Å². The first-order chi connectivity index (χ1) is 13.0. The number of hydrogen-bond donors (Lipinski definition) is 1. The molecule has 0 amide bonds. The van der Waals surface area contributed by atoms with E-state index in [1.165, 1.54) is 0 Å². The number of primary sulfonamides is 1. The molecule has 4 rings (SSSR count). The molecule has 3 aromatic carbocycles. The molecule has 2 N–H and O–H groups in total. The fourth-order valence-corrected chi connectivity index (χ4v) is 4.13. The smallest absolute Gasteiger partial charge is 0.213 e. The molecule has 0 fully saturated rings. The minimum atomic E-state index is -3.62. The lowest BCUT2D eigenvalue weighted by Gasteiger charge is -2.30. The van der Waals surface area contributed by atoms with Crippen molar-refractivity contribution in [2.45, 2.75) is 11.9 Å². The average molecular weight is 381 g/mol. The predicted octanol–water partition coefficient (Wildman–Crippen LogP) is 3.63. The Bertz CT molecular complexity index is 1090. The van der Waals surface area contributed by atoms with Crippen molar-refractivity contribution in [1.29, 1.82) is 0 Å². The van der Waals surface area contributed by atoms with Crippen LogP contribution in [0.1, 0.15) is 22.8 Å². The van der Waals surface area contributed by atoms with Gasteiger partial charge in [0.1, 0.15) is 17.6 Å². The molecule has 0 saturated carbocycles. The van der Waals surface area contributed by atoms with Crippen molar-refractivity contribution in [2.24, 2.45) is 5.14 Å². The summed E-state index contributed by atoms with van der Waals surface area (Å²) in [6, 6.07) is 21.1. The molecule has 138 valence electrons. The van der Waals surface area contributed by atoms with Crippen molar-refractivity contribution >= 4 is 10.0 Å². The maximum Gasteiger partial charge on any atom is 0.213 e. The van der Waals surface area contributed by atoms with Crippen LogP contribution < -0.4 is 14.6 Å². The third kappa shape index (κ3) is 3.41. The van der Waals surface area contributed by atoms with Gasteiger partial charge in [-0.25, -0.2) is 13.6 Å². The van der Waals surface area contributed by atoms with Crippen LogP contribution >= 0.6 is 0 Å². The van der Waals surface area contributed by atoms with Gasteiger partial charge in [0.2, 0.25) is 10.0 Å². The van der Waals surface area contributed by atoms with E-state index < -0.39 is 10.0 Å². The van der Waals surface area contributed by atoms with Crippen molar-refractivity contribution in [3.05, 3.63) is 83.4 Å². The Labute approximate surface area is 158 Å². The molecule has 1 heterocycles. The van der Waals surface area contributed by atoms with Crippen LogP contribution in [-0.2, 0) is 15.8 Å². The molecule has 1 aliphatic heterocycles. The second-order valence-electron chi connectivity index (χ2n) is 6.47. The molecule has 1 atom stereocenters. The van der Waals surface area contributed by atoms with Crippen LogP contribution in [-0.4, -0.2) is 15.5 Å². The normalized spacial score (nSPS) is 15.4. The Balaban J connectivity index is 1.93. The van der Waals surface area contributed by atoms with Gasteiger partial charge in [0.05, 0.1) is 18.4 Å². The summed E-state index contributed by atoms with van der Waals surface area (Å²) in [4.78, 5) is 0. The van der Waals surface area contributed by atoms with Crippen LogP contribution in [0.2, 0.25) is 0 Å². The van der Waals surface area contributed by atoms with Crippen molar-refractivity contribution in [3.8, 4) is 22.6 Å². The second-order valence-corrected chi connectivity index (χ2v) is 8.09. The molecule has 6 heteroatoms. The lowest BCUT2D eigenvalue weighted by Crippen LogP contribution is -2.18. The Morgan fingerprint density at radius 1 is 1.04 bits per heavy atom. The predicted molar refractivity (Wildman–Crippen MR) is 104 cm³/mol. The van der Waals surface area contributed by atoms with Gasteiger partial charge in [-0.2, -0.15) is 0 Å². The first-order valence-electron chi connectivity index (χ1n) is 8.48. The highest BCUT2D eigenvalue weighted by Gasteiger charge is 2.30. The monoisotopic (exact) mass is 381 g/mol. The van der Waals surface area contributed by atoms with Crippen LogP contribution in [0.25, 0.3) is 11.1 Å². The number of nitrogens with two attached hydrogens (primary N) is 1. The van der Waals surface area contributed by atoms with Crippen molar-refractivity contribution in [3.63, 3.8) is 0 Å². The van der Waals surface area contributed by atoms with E-state index in [2.05, 4.69) is 0 Å². The summed E-state index contributed by atoms with van der Waals surface area (Å²) < 4.78 is 34.9. The van der Waals surface area contributed by atoms with Crippen molar-refractivity contribution in [1.82, 2.24) is 0 Å². The summed E-state index contributed by atoms with van der Waals surface area (Å²) in [6.07, 6.45) is -0.346. The summed E-state index contributed by atoms with van der Waals surface area (Å²) in [7, 11) is -2.01. The van der Waals surface area contributed by atoms with Gasteiger partial charge in [0.25, 0.3) is 0 Å². The number of ether oxygens (including phenoxy) is 2. The third-order valence-corrected chi connectivity index (χ3v) is 5.33. The van der Waals surface area contributed by atoms with Crippen LogP contribution in [0, 0.1) is 0 Å². The van der Waals surface area contributed by atoms with Gasteiger partial charge in [-0.1, -0.05) is 54.6 Å². The summed E-state index contributed by atoms with van der Waals surface area (Å²) in [5.74, 6) is 1.22. The lowest BCUT2D eigenvalue weighted by molar-refractivity contribution is 0.242. The van der Waals surface area contributed by atoms with Crippen LogP contribution in [0.5, 0.6) is 11.5 Å². The molecule has 1 aliphatic rings. The molecule has 3 aromatic rings. The molecule has 0 saturated heterocycles. The van der Waals surface area contributed by atoms with E-state index in [0.29, 0.717) is 11.3 Å². The maximum absolute atomic E-state index is 11.5. The van der Waals surface area contributed by atoms with E-state index in [-0.39, 0.29) is 11.9 Å². The quantitative estimate of drug-likeness (QED) is 0.748. The minimum Gasteiger partial charge on any atom is -0.496 e. The number of sulfonamides is 1. The van der Waals surface area contributed by atoms with Crippen LogP contribution in [0.3, 0.4) is 0 Å². The zero-order valence-corrected chi connectivity index (χ0v) is 15.6. The van der Waals surface area contributed by atoms with E-state index in [9.17, 15) is 8.42 Å². The molecule has 5 nitrogen and oxygen atoms in total. The topological polar surface area (TPSA) is 78.6 Å². The SMILES string of the molecule is COc1cccc2c1-c1ccc(CS(N)(=O)=O)cc1[C@H](c1ccccc1)O2. The van der Waals surface area contributed by atoms with Crippen LogP contribution in [0.4, 0.5) is 0 Å². The van der Waals surface area contributed by atoms with Crippen molar-refractivity contribution < 1.29 is 17.9 Å². The van der Waals surface area contributed by atoms with E-state index in [1.807, 2.05) is 60.7 Å². The summed E-state index contributed by atoms with van der Waals surface area (Å²) in [5, 5.41) is 5.23. The van der Waals surface area contributed by atoms with E-state index in [0.717, 1.165) is 28.0 Å². The highest BCUT2D eigenvalue weighted by molar-refractivity contribution is 7.88. The minimum absolute atomic E-state index is 0.222. The fourth-order valence-electron chi connectivity index (χ4n) is 3.49. The first-order valence-corrected chi connectivity index (χ1v) is 10.2. The molecular weight excluding hydrogens is 362 g/mol. The van der Waals surface area contributed by atoms with Gasteiger partial charge in [-0.05, 0) is 28.8 Å². The molecule has 0 aromatic heterocycles. The molecule has 27 heavy (non-hydrogen) atoms. The average Bonchev–Trinajstić information content (AvgIpc) is 2.66. The summed E-state index contributed by atoms with van der Waals surface area (Å²) in [6.45, 7) is 0. The molecule has 0 spiro atoms. The van der Waals surface area contributed by atoms with Gasteiger partial charge in [-0.15, -0.1) is 0 Å². The molecular formula is C21H19NO4S. The van der Waals surface area contributed by atoms with Gasteiger partial charge in [0, 0.05) is 5.56 Å². The first kappa shape index (κ1) is 17.6. The Morgan fingerprint density at radius 2 is 1.81 bits per heavy atom. The van der Waals surface area contributed by atoms with Gasteiger partial charge >= 0.3 is 0 Å². The summed E-state index contributed by atoms with van der Waals surface area (Å²) >= 11 is 0. The van der Waals surface area contributed by atoms with E-state index in [4.69, 9.17) is 14.6 Å². The maximum atomic E-state index is 11.5. The standard InChI is InChI=1S/C21H19NO4S/c1-25-18-8-5-9-19-20(18)16-11-10-14(13-27(22,23)24)12-17(16)21(26-19)15-6-3-2-4-7-15/h2-12,21H,13H2,1H3,(H2,22,23,24)/t21-/m0/s1. The van der Waals surface area contributed by atoms with Gasteiger partial charge in [0.15, 0.2) is 0 Å². The number of fused-ring (bicyclic) bond motifs is 3. The zero-order valence-electron chi connectivity index (χ0n) is 14.8. The van der Waals surface area contributed by atoms with Gasteiger partial charge in [-0.3, -0.25) is 0 Å². The molecule has 0 unspecified atom stereocenters. The molecule has 0 bridgehead atoms. The highest BCUT2D eigenvalue weighted by Crippen LogP contribution is 2.49. The molecule has 0 aliphatic carbocycles. The van der Waals surface area contributed by atoms with Crippen molar-refractivity contribution in [2.75, 3.05) is 7.11 Å². The Hall–Kier alpha value is -2.83. The Kier molecular flexibility index (Phi) is 4.37. The fraction of sp³-hybridized carbons (Fsp3) is 0.143. The number of hydrogen-bond acceptors (Lipinski definition) is 4. The largest absolute Gasteiger partial charge is 0.496 e. The number of benzene rings is 3. The highest BCUT2D eigenvalue weighted by atomic mass is 32.2. The van der Waals surface area contributed by atoms with Gasteiger partial charge < -0.3 is 9.47 Å². The van der Waals surface area contributed by atoms with E-state index >= 15 is 0 Å². The number of rotatable bonds is 4. The summed E-state index contributed by atoms with van der Waals surface area (Å²) in [5.41, 5.74) is 4.32. The third-order valence-electron chi connectivity index (χ3n) is 4.59. The second kappa shape index (κ2) is 6.72. The Morgan fingerprint density at radius 3 is 2.52 bits per heavy atom. The van der Waals surface area contributed by atoms with E-state index in [1.54, 1.807) is 13.2 Å².